The molecule has 0 aromatic heterocycles. The zero-order valence-electron chi connectivity index (χ0n) is 17.1. The van der Waals surface area contributed by atoms with E-state index < -0.39 is 10.0 Å². The topological polar surface area (TPSA) is 66.5 Å². The molecule has 0 fully saturated rings. The molecule has 0 bridgehead atoms. The van der Waals surface area contributed by atoms with Gasteiger partial charge in [-0.15, -0.1) is 0 Å². The van der Waals surface area contributed by atoms with Crippen molar-refractivity contribution < 1.29 is 13.2 Å². The van der Waals surface area contributed by atoms with Crippen LogP contribution in [0.1, 0.15) is 33.5 Å². The fourth-order valence-corrected chi connectivity index (χ4v) is 5.26. The molecule has 0 spiro atoms. The van der Waals surface area contributed by atoms with Crippen LogP contribution in [0.3, 0.4) is 0 Å². The van der Waals surface area contributed by atoms with Gasteiger partial charge >= 0.3 is 0 Å². The first kappa shape index (κ1) is 20.2. The molecule has 3 aromatic carbocycles. The summed E-state index contributed by atoms with van der Waals surface area (Å²) in [5, 5.41) is 2.91. The molecule has 1 N–H and O–H groups in total. The number of rotatable bonds is 4. The number of benzene rings is 3. The van der Waals surface area contributed by atoms with Gasteiger partial charge in [0.15, 0.2) is 0 Å². The number of sulfonamides is 1. The molecular formula is C24H24N2O3S. The van der Waals surface area contributed by atoms with E-state index in [2.05, 4.69) is 5.32 Å². The smallest absolute Gasteiger partial charge is 0.264 e. The van der Waals surface area contributed by atoms with Crippen molar-refractivity contribution in [3.63, 3.8) is 0 Å². The fourth-order valence-electron chi connectivity index (χ4n) is 3.73. The molecule has 0 saturated carbocycles. The molecule has 1 amide bonds. The first-order valence-corrected chi connectivity index (χ1v) is 11.4. The van der Waals surface area contributed by atoms with Gasteiger partial charge in [-0.1, -0.05) is 42.0 Å². The van der Waals surface area contributed by atoms with E-state index in [4.69, 9.17) is 0 Å². The number of nitrogens with one attached hydrogen (secondary N) is 1. The maximum atomic E-state index is 13.3. The van der Waals surface area contributed by atoms with Crippen LogP contribution in [-0.4, -0.2) is 20.9 Å². The highest BCUT2D eigenvalue weighted by molar-refractivity contribution is 7.92. The minimum atomic E-state index is -3.68. The van der Waals surface area contributed by atoms with Crippen LogP contribution in [0.2, 0.25) is 0 Å². The molecule has 4 rings (SSSR count). The van der Waals surface area contributed by atoms with E-state index >= 15 is 0 Å². The van der Waals surface area contributed by atoms with E-state index in [1.54, 1.807) is 36.4 Å². The molecule has 5 nitrogen and oxygen atoms in total. The van der Waals surface area contributed by atoms with Crippen molar-refractivity contribution in [3.8, 4) is 0 Å². The molecular weight excluding hydrogens is 396 g/mol. The summed E-state index contributed by atoms with van der Waals surface area (Å²) < 4.78 is 28.1. The maximum absolute atomic E-state index is 13.3. The highest BCUT2D eigenvalue weighted by Gasteiger charge is 2.29. The lowest BCUT2D eigenvalue weighted by Crippen LogP contribution is -2.35. The molecule has 154 valence electrons. The van der Waals surface area contributed by atoms with Crippen molar-refractivity contribution in [3.05, 3.63) is 89.0 Å². The third-order valence-electron chi connectivity index (χ3n) is 5.42. The highest BCUT2D eigenvalue weighted by atomic mass is 32.2. The summed E-state index contributed by atoms with van der Waals surface area (Å²) in [6.07, 6.45) is 1.56. The Hall–Kier alpha value is -3.12. The Kier molecular flexibility index (Phi) is 5.35. The lowest BCUT2D eigenvalue weighted by Gasteiger charge is -2.31. The van der Waals surface area contributed by atoms with Gasteiger partial charge in [-0.25, -0.2) is 8.42 Å². The Morgan fingerprint density at radius 1 is 0.967 bits per heavy atom. The summed E-state index contributed by atoms with van der Waals surface area (Å²) in [5.74, 6) is -0.211. The van der Waals surface area contributed by atoms with Crippen LogP contribution >= 0.6 is 0 Å². The third-order valence-corrected chi connectivity index (χ3v) is 7.25. The SMILES string of the molecule is Cc1ccc(S(=O)(=O)N2CCCc3ccc(NC(=O)c4ccccc4C)cc32)cc1. The van der Waals surface area contributed by atoms with Crippen LogP contribution in [0.4, 0.5) is 11.4 Å². The summed E-state index contributed by atoms with van der Waals surface area (Å²) in [4.78, 5) is 13.0. The number of fused-ring (bicyclic) bond motifs is 1. The van der Waals surface area contributed by atoms with E-state index in [-0.39, 0.29) is 10.8 Å². The first-order chi connectivity index (χ1) is 14.4. The molecule has 0 atom stereocenters. The molecule has 1 aliphatic heterocycles. The van der Waals surface area contributed by atoms with Gasteiger partial charge < -0.3 is 5.32 Å². The second kappa shape index (κ2) is 7.95. The van der Waals surface area contributed by atoms with Gasteiger partial charge in [0.1, 0.15) is 0 Å². The van der Waals surface area contributed by atoms with E-state index in [1.807, 2.05) is 44.2 Å². The number of carbonyl (C=O) groups is 1. The average Bonchev–Trinajstić information content (AvgIpc) is 2.73. The molecule has 6 heteroatoms. The monoisotopic (exact) mass is 420 g/mol. The third kappa shape index (κ3) is 3.83. The van der Waals surface area contributed by atoms with E-state index in [0.717, 1.165) is 29.5 Å². The Bertz CT molecular complexity index is 1200. The van der Waals surface area contributed by atoms with Crippen molar-refractivity contribution in [1.82, 2.24) is 0 Å². The maximum Gasteiger partial charge on any atom is 0.264 e. The summed E-state index contributed by atoms with van der Waals surface area (Å²) in [5.41, 5.74) is 4.66. The normalized spacial score (nSPS) is 13.6. The predicted molar refractivity (Wildman–Crippen MR) is 120 cm³/mol. The molecule has 1 aliphatic rings. The molecule has 3 aromatic rings. The van der Waals surface area contributed by atoms with Gasteiger partial charge in [0.05, 0.1) is 10.6 Å². The molecule has 1 heterocycles. The van der Waals surface area contributed by atoms with Gasteiger partial charge in [0.25, 0.3) is 15.9 Å². The van der Waals surface area contributed by atoms with Crippen LogP contribution in [0.15, 0.2) is 71.6 Å². The minimum Gasteiger partial charge on any atom is -0.322 e. The zero-order valence-corrected chi connectivity index (χ0v) is 17.9. The Balaban J connectivity index is 1.67. The predicted octanol–water partition coefficient (Wildman–Crippen LogP) is 4.70. The number of anilines is 2. The molecule has 30 heavy (non-hydrogen) atoms. The Morgan fingerprint density at radius 3 is 2.43 bits per heavy atom. The average molecular weight is 421 g/mol. The van der Waals surface area contributed by atoms with Crippen molar-refractivity contribution in [2.24, 2.45) is 0 Å². The van der Waals surface area contributed by atoms with Crippen LogP contribution in [0.5, 0.6) is 0 Å². The summed E-state index contributed by atoms with van der Waals surface area (Å²) in [6.45, 7) is 4.23. The summed E-state index contributed by atoms with van der Waals surface area (Å²) >= 11 is 0. The Morgan fingerprint density at radius 2 is 1.70 bits per heavy atom. The standard InChI is InChI=1S/C24H24N2O3S/c1-17-9-13-21(14-10-17)30(28,29)26-15-5-7-19-11-12-20(16-23(19)26)25-24(27)22-8-4-3-6-18(22)2/h3-4,6,8-14,16H,5,7,15H2,1-2H3,(H,25,27). The largest absolute Gasteiger partial charge is 0.322 e. The van der Waals surface area contributed by atoms with Crippen LogP contribution in [0, 0.1) is 13.8 Å². The van der Waals surface area contributed by atoms with E-state index in [1.165, 1.54) is 4.31 Å². The zero-order chi connectivity index (χ0) is 21.3. The molecule has 0 radical (unpaired) electrons. The van der Waals surface area contributed by atoms with Crippen molar-refractivity contribution in [1.29, 1.82) is 0 Å². The molecule has 0 unspecified atom stereocenters. The van der Waals surface area contributed by atoms with Gasteiger partial charge in [-0.2, -0.15) is 0 Å². The number of hydrogen-bond donors (Lipinski definition) is 1. The van der Waals surface area contributed by atoms with Crippen molar-refractivity contribution in [2.75, 3.05) is 16.2 Å². The Labute approximate surface area is 177 Å². The highest BCUT2D eigenvalue weighted by Crippen LogP contribution is 2.34. The van der Waals surface area contributed by atoms with Gasteiger partial charge in [-0.05, 0) is 68.1 Å². The summed E-state index contributed by atoms with van der Waals surface area (Å²) in [7, 11) is -3.68. The lowest BCUT2D eigenvalue weighted by molar-refractivity contribution is 0.102. The number of aryl methyl sites for hydroxylation is 3. The van der Waals surface area contributed by atoms with E-state index in [9.17, 15) is 13.2 Å². The number of amides is 1. The molecule has 0 saturated heterocycles. The molecule has 0 aliphatic carbocycles. The van der Waals surface area contributed by atoms with Gasteiger partial charge in [0, 0.05) is 17.8 Å². The minimum absolute atomic E-state index is 0.211. The van der Waals surface area contributed by atoms with E-state index in [0.29, 0.717) is 23.5 Å². The van der Waals surface area contributed by atoms with Gasteiger partial charge in [-0.3, -0.25) is 9.10 Å². The van der Waals surface area contributed by atoms with Crippen LogP contribution < -0.4 is 9.62 Å². The fraction of sp³-hybridized carbons (Fsp3) is 0.208. The lowest BCUT2D eigenvalue weighted by atomic mass is 10.0. The van der Waals surface area contributed by atoms with Crippen LogP contribution in [0.25, 0.3) is 0 Å². The summed E-state index contributed by atoms with van der Waals surface area (Å²) in [6, 6.07) is 19.8. The van der Waals surface area contributed by atoms with Crippen molar-refractivity contribution in [2.45, 2.75) is 31.6 Å². The number of carbonyl (C=O) groups excluding carboxylic acids is 1. The quantitative estimate of drug-likeness (QED) is 0.665. The number of nitrogens with zero attached hydrogens (tertiary/aromatic N) is 1. The van der Waals surface area contributed by atoms with Gasteiger partial charge in [0.2, 0.25) is 0 Å². The second-order valence-electron chi connectivity index (χ2n) is 7.61. The van der Waals surface area contributed by atoms with Crippen molar-refractivity contribution >= 4 is 27.3 Å². The first-order valence-electron chi connectivity index (χ1n) is 9.95. The number of hydrogen-bond acceptors (Lipinski definition) is 3. The van der Waals surface area contributed by atoms with Crippen LogP contribution in [-0.2, 0) is 16.4 Å². The second-order valence-corrected chi connectivity index (χ2v) is 9.47.